The number of nitrogens with zero attached hydrogens (tertiary/aromatic N) is 3. The van der Waals surface area contributed by atoms with Crippen molar-refractivity contribution in [3.05, 3.63) is 16.0 Å². The van der Waals surface area contributed by atoms with Gasteiger partial charge in [0.05, 0.1) is 6.61 Å². The Morgan fingerprint density at radius 3 is 2.89 bits per heavy atom. The van der Waals surface area contributed by atoms with Gasteiger partial charge in [0.1, 0.15) is 0 Å². The lowest BCUT2D eigenvalue weighted by molar-refractivity contribution is 0.204. The molecule has 0 spiro atoms. The van der Waals surface area contributed by atoms with Crippen molar-refractivity contribution in [3.63, 3.8) is 0 Å². The minimum Gasteiger partial charge on any atom is -0.383 e. The summed E-state index contributed by atoms with van der Waals surface area (Å²) in [6.07, 6.45) is 6.19. The maximum atomic E-state index is 5.16. The van der Waals surface area contributed by atoms with Gasteiger partial charge in [0, 0.05) is 42.2 Å². The van der Waals surface area contributed by atoms with E-state index in [9.17, 15) is 0 Å². The first-order valence-electron chi connectivity index (χ1n) is 6.24. The Kier molecular flexibility index (Phi) is 5.58. The number of nitrogens with one attached hydrogen (secondary N) is 1. The van der Waals surface area contributed by atoms with E-state index in [0.717, 1.165) is 29.2 Å². The first-order chi connectivity index (χ1) is 8.79. The van der Waals surface area contributed by atoms with Crippen LogP contribution in [0.1, 0.15) is 12.8 Å². The lowest BCUT2D eigenvalue weighted by Gasteiger charge is -2.25. The molecule has 1 fully saturated rings. The van der Waals surface area contributed by atoms with Crippen LogP contribution in [0.25, 0.3) is 0 Å². The first kappa shape index (κ1) is 14.0. The minimum atomic E-state index is 0.546. The summed E-state index contributed by atoms with van der Waals surface area (Å²) in [5, 5.41) is 3.51. The molecule has 1 saturated heterocycles. The van der Waals surface area contributed by atoms with E-state index >= 15 is 0 Å². The zero-order chi connectivity index (χ0) is 12.8. The molecule has 0 bridgehead atoms. The zero-order valence-electron chi connectivity index (χ0n) is 10.6. The van der Waals surface area contributed by atoms with E-state index in [1.807, 2.05) is 12.4 Å². The van der Waals surface area contributed by atoms with Crippen LogP contribution in [0.4, 0.5) is 5.95 Å². The summed E-state index contributed by atoms with van der Waals surface area (Å²) in [4.78, 5) is 11.0. The standard InChI is InChI=1S/C12H19IN4O/c1-18-6-5-17(9-11-3-2-4-14-11)12-15-7-10(13)8-16-12/h7-8,11,14H,2-6,9H2,1H3. The van der Waals surface area contributed by atoms with Crippen molar-refractivity contribution in [1.82, 2.24) is 15.3 Å². The normalized spacial score (nSPS) is 19.1. The van der Waals surface area contributed by atoms with Gasteiger partial charge in [-0.25, -0.2) is 9.97 Å². The fourth-order valence-electron chi connectivity index (χ4n) is 2.12. The van der Waals surface area contributed by atoms with E-state index in [-0.39, 0.29) is 0 Å². The second-order valence-electron chi connectivity index (χ2n) is 4.43. The quantitative estimate of drug-likeness (QED) is 0.773. The van der Waals surface area contributed by atoms with Crippen molar-refractivity contribution in [3.8, 4) is 0 Å². The molecule has 0 saturated carbocycles. The van der Waals surface area contributed by atoms with E-state index in [1.54, 1.807) is 7.11 Å². The third-order valence-electron chi connectivity index (χ3n) is 3.06. The molecule has 100 valence electrons. The lowest BCUT2D eigenvalue weighted by Crippen LogP contribution is -2.40. The summed E-state index contributed by atoms with van der Waals surface area (Å²) in [7, 11) is 1.72. The maximum Gasteiger partial charge on any atom is 0.225 e. The van der Waals surface area contributed by atoms with Gasteiger partial charge in [0.25, 0.3) is 0 Å². The van der Waals surface area contributed by atoms with Crippen molar-refractivity contribution < 1.29 is 4.74 Å². The van der Waals surface area contributed by atoms with E-state index in [1.165, 1.54) is 12.8 Å². The highest BCUT2D eigenvalue weighted by Crippen LogP contribution is 2.12. The molecular formula is C12H19IN4O. The number of rotatable bonds is 6. The lowest BCUT2D eigenvalue weighted by atomic mass is 10.2. The molecule has 1 aromatic rings. The number of anilines is 1. The van der Waals surface area contributed by atoms with Gasteiger partial charge in [0.2, 0.25) is 5.95 Å². The molecule has 18 heavy (non-hydrogen) atoms. The predicted octanol–water partition coefficient (Wildman–Crippen LogP) is 1.29. The highest BCUT2D eigenvalue weighted by atomic mass is 127. The first-order valence-corrected chi connectivity index (χ1v) is 7.32. The van der Waals surface area contributed by atoms with Gasteiger partial charge in [0.15, 0.2) is 0 Å². The number of methoxy groups -OCH3 is 1. The Labute approximate surface area is 121 Å². The van der Waals surface area contributed by atoms with Gasteiger partial charge in [-0.15, -0.1) is 0 Å². The minimum absolute atomic E-state index is 0.546. The summed E-state index contributed by atoms with van der Waals surface area (Å²) in [6.45, 7) is 3.59. The molecule has 1 aromatic heterocycles. The molecule has 1 atom stereocenters. The molecule has 1 unspecified atom stereocenters. The highest BCUT2D eigenvalue weighted by molar-refractivity contribution is 14.1. The van der Waals surface area contributed by atoms with E-state index < -0.39 is 0 Å². The van der Waals surface area contributed by atoms with E-state index in [2.05, 4.69) is 42.8 Å². The molecular weight excluding hydrogens is 343 g/mol. The van der Waals surface area contributed by atoms with Crippen molar-refractivity contribution in [2.45, 2.75) is 18.9 Å². The van der Waals surface area contributed by atoms with Crippen LogP contribution < -0.4 is 10.2 Å². The number of aromatic nitrogens is 2. The molecule has 6 heteroatoms. The van der Waals surface area contributed by atoms with Gasteiger partial charge in [-0.3, -0.25) is 0 Å². The Morgan fingerprint density at radius 2 is 2.28 bits per heavy atom. The molecule has 5 nitrogen and oxygen atoms in total. The Hall–Kier alpha value is -0.470. The molecule has 2 heterocycles. The van der Waals surface area contributed by atoms with E-state index in [4.69, 9.17) is 4.74 Å². The average molecular weight is 362 g/mol. The maximum absolute atomic E-state index is 5.16. The van der Waals surface area contributed by atoms with Gasteiger partial charge in [-0.05, 0) is 42.0 Å². The fraction of sp³-hybridized carbons (Fsp3) is 0.667. The molecule has 2 rings (SSSR count). The number of ether oxygens (including phenoxy) is 1. The van der Waals surface area contributed by atoms with Crippen molar-refractivity contribution in [2.75, 3.05) is 38.3 Å². The van der Waals surface area contributed by atoms with Gasteiger partial charge in [-0.2, -0.15) is 0 Å². The number of halogens is 1. The summed E-state index contributed by atoms with van der Waals surface area (Å²) in [6, 6.07) is 0.546. The van der Waals surface area contributed by atoms with Crippen LogP contribution in [0, 0.1) is 3.57 Å². The molecule has 1 N–H and O–H groups in total. The topological polar surface area (TPSA) is 50.3 Å². The highest BCUT2D eigenvalue weighted by Gasteiger charge is 2.19. The average Bonchev–Trinajstić information content (AvgIpc) is 2.88. The van der Waals surface area contributed by atoms with Gasteiger partial charge >= 0.3 is 0 Å². The summed E-state index contributed by atoms with van der Waals surface area (Å²) >= 11 is 2.22. The van der Waals surface area contributed by atoms with Crippen LogP contribution in [0.3, 0.4) is 0 Å². The number of hydrogen-bond acceptors (Lipinski definition) is 5. The molecule has 0 aromatic carbocycles. The Morgan fingerprint density at radius 1 is 1.50 bits per heavy atom. The monoisotopic (exact) mass is 362 g/mol. The van der Waals surface area contributed by atoms with Crippen LogP contribution in [0.15, 0.2) is 12.4 Å². The van der Waals surface area contributed by atoms with Crippen molar-refractivity contribution in [1.29, 1.82) is 0 Å². The molecule has 0 amide bonds. The SMILES string of the molecule is COCCN(CC1CCCN1)c1ncc(I)cn1. The third kappa shape index (κ3) is 4.03. The van der Waals surface area contributed by atoms with Crippen molar-refractivity contribution in [2.24, 2.45) is 0 Å². The van der Waals surface area contributed by atoms with Crippen LogP contribution >= 0.6 is 22.6 Å². The number of hydrogen-bond donors (Lipinski definition) is 1. The van der Waals surface area contributed by atoms with E-state index in [0.29, 0.717) is 12.6 Å². The Balaban J connectivity index is 2.00. The second-order valence-corrected chi connectivity index (χ2v) is 5.68. The smallest absolute Gasteiger partial charge is 0.225 e. The zero-order valence-corrected chi connectivity index (χ0v) is 12.8. The molecule has 0 aliphatic carbocycles. The predicted molar refractivity (Wildman–Crippen MR) is 79.9 cm³/mol. The largest absolute Gasteiger partial charge is 0.383 e. The molecule has 1 aliphatic heterocycles. The summed E-state index contributed by atoms with van der Waals surface area (Å²) in [5.74, 6) is 0.793. The fourth-order valence-corrected chi connectivity index (χ4v) is 2.40. The molecule has 1 aliphatic rings. The van der Waals surface area contributed by atoms with Gasteiger partial charge in [-0.1, -0.05) is 0 Å². The Bertz CT molecular complexity index is 354. The summed E-state index contributed by atoms with van der Waals surface area (Å²) in [5.41, 5.74) is 0. The van der Waals surface area contributed by atoms with Crippen LogP contribution in [-0.2, 0) is 4.74 Å². The second kappa shape index (κ2) is 7.20. The summed E-state index contributed by atoms with van der Waals surface area (Å²) < 4.78 is 6.22. The van der Waals surface area contributed by atoms with Crippen LogP contribution in [0.5, 0.6) is 0 Å². The third-order valence-corrected chi connectivity index (χ3v) is 3.62. The van der Waals surface area contributed by atoms with Crippen LogP contribution in [-0.4, -0.2) is 49.4 Å². The van der Waals surface area contributed by atoms with Crippen LogP contribution in [0.2, 0.25) is 0 Å². The van der Waals surface area contributed by atoms with Crippen molar-refractivity contribution >= 4 is 28.5 Å². The van der Waals surface area contributed by atoms with Gasteiger partial charge < -0.3 is 15.0 Å². The molecule has 0 radical (unpaired) electrons.